The molecule has 0 aliphatic carbocycles. The Balaban J connectivity index is 1.47. The molecule has 0 aromatic carbocycles. The van der Waals surface area contributed by atoms with Gasteiger partial charge in [0.1, 0.15) is 35.9 Å². The normalized spacial score (nSPS) is 15.4. The number of unbranched alkanes of at least 4 members (excludes halogenated alkanes) is 4. The quantitative estimate of drug-likeness (QED) is 0.0496. The third-order valence-corrected chi connectivity index (χ3v) is 17.2. The lowest BCUT2D eigenvalue weighted by Crippen LogP contribution is -2.34. The summed E-state index contributed by atoms with van der Waals surface area (Å²) in [5.74, 6) is 1.95. The summed E-state index contributed by atoms with van der Waals surface area (Å²) in [4.78, 5) is 47.3. The minimum absolute atomic E-state index is 0.118. The zero-order valence-electron chi connectivity index (χ0n) is 45.2. The van der Waals surface area contributed by atoms with Crippen LogP contribution in [0, 0.1) is 69.0 Å². The lowest BCUT2D eigenvalue weighted by molar-refractivity contribution is -0.124. The Kier molecular flexibility index (Phi) is 21.4. The highest BCUT2D eigenvalue weighted by Crippen LogP contribution is 2.50. The molecule has 0 spiro atoms. The van der Waals surface area contributed by atoms with Crippen LogP contribution in [-0.2, 0) is 22.7 Å². The minimum Gasteiger partial charge on any atom is -0.315 e. The van der Waals surface area contributed by atoms with Gasteiger partial charge in [-0.1, -0.05) is 132 Å². The molecule has 0 fully saturated rings. The van der Waals surface area contributed by atoms with E-state index in [4.69, 9.17) is 0 Å². The fraction of sp³-hybridized carbons (Fsp3) is 0.533. The van der Waals surface area contributed by atoms with Gasteiger partial charge in [-0.2, -0.15) is 21.0 Å². The number of hydrogen-bond acceptors (Lipinski definition) is 10. The topological polar surface area (TPSA) is 171 Å². The van der Waals surface area contributed by atoms with Crippen LogP contribution in [0.2, 0.25) is 0 Å². The van der Waals surface area contributed by atoms with Crippen molar-refractivity contribution in [1.82, 2.24) is 28.9 Å². The average molecular weight is 1030 g/mol. The zero-order valence-corrected chi connectivity index (χ0v) is 46.8. The zero-order chi connectivity index (χ0) is 53.3. The Morgan fingerprint density at radius 3 is 1.12 bits per heavy atom. The first-order chi connectivity index (χ1) is 36.0. The van der Waals surface area contributed by atoms with E-state index in [0.29, 0.717) is 72.2 Å². The van der Waals surface area contributed by atoms with E-state index in [1.807, 2.05) is 67.5 Å². The predicted octanol–water partition coefficient (Wildman–Crippen LogP) is 14.7. The predicted molar refractivity (Wildman–Crippen MR) is 300 cm³/mol. The summed E-state index contributed by atoms with van der Waals surface area (Å²) in [7, 11) is 0. The van der Waals surface area contributed by atoms with Crippen LogP contribution in [0.15, 0.2) is 35.4 Å². The highest BCUT2D eigenvalue weighted by atomic mass is 32.1. The van der Waals surface area contributed by atoms with Crippen molar-refractivity contribution < 1.29 is 9.59 Å². The molecule has 6 heterocycles. The van der Waals surface area contributed by atoms with Crippen LogP contribution in [0.4, 0.5) is 0 Å². The van der Waals surface area contributed by atoms with Crippen LogP contribution in [-0.4, -0.2) is 53.8 Å². The average Bonchev–Trinajstić information content (AvgIpc) is 4.29. The molecule has 2 aliphatic heterocycles. The number of amides is 2. The molecule has 0 saturated heterocycles. The maximum absolute atomic E-state index is 15.4. The van der Waals surface area contributed by atoms with Gasteiger partial charge >= 0.3 is 0 Å². The number of imidazole rings is 2. The van der Waals surface area contributed by atoms with Crippen LogP contribution < -0.4 is 0 Å². The van der Waals surface area contributed by atoms with Gasteiger partial charge in [0, 0.05) is 35.9 Å². The molecule has 0 radical (unpaired) electrons. The van der Waals surface area contributed by atoms with Gasteiger partial charge in [-0.15, -0.1) is 22.7 Å². The fourth-order valence-electron chi connectivity index (χ4n) is 10.4. The summed E-state index contributed by atoms with van der Waals surface area (Å²) in [6, 6.07) is 16.8. The summed E-state index contributed by atoms with van der Waals surface area (Å²) in [5.41, 5.74) is 3.02. The van der Waals surface area contributed by atoms with Crippen molar-refractivity contribution in [1.29, 1.82) is 21.0 Å². The van der Waals surface area contributed by atoms with Crippen molar-refractivity contribution in [3.8, 4) is 24.3 Å². The Labute approximate surface area is 449 Å². The van der Waals surface area contributed by atoms with Crippen LogP contribution in [0.5, 0.6) is 0 Å². The van der Waals surface area contributed by atoms with Crippen molar-refractivity contribution in [2.75, 3.05) is 13.1 Å². The van der Waals surface area contributed by atoms with Crippen molar-refractivity contribution >= 4 is 70.2 Å². The number of nitrogens with zero attached hydrogens (tertiary/aromatic N) is 10. The molecule has 4 aromatic rings. The molecule has 4 unspecified atom stereocenters. The minimum atomic E-state index is -0.152. The van der Waals surface area contributed by atoms with E-state index >= 15 is 9.59 Å². The maximum Gasteiger partial charge on any atom is 0.261 e. The number of rotatable bonds is 30. The molecule has 2 amide bonds. The molecule has 14 heteroatoms. The first-order valence-electron chi connectivity index (χ1n) is 27.5. The lowest BCUT2D eigenvalue weighted by atomic mass is 9.98. The third-order valence-electron chi connectivity index (χ3n) is 15.0. The van der Waals surface area contributed by atoms with Gasteiger partial charge in [0.2, 0.25) is 0 Å². The highest BCUT2D eigenvalue weighted by Gasteiger charge is 2.50. The Bertz CT molecular complexity index is 2700. The van der Waals surface area contributed by atoms with Crippen LogP contribution >= 0.6 is 22.7 Å². The van der Waals surface area contributed by atoms with Crippen molar-refractivity contribution in [3.63, 3.8) is 0 Å². The van der Waals surface area contributed by atoms with Crippen LogP contribution in [0.1, 0.15) is 212 Å². The van der Waals surface area contributed by atoms with Crippen molar-refractivity contribution in [3.05, 3.63) is 89.3 Å². The SMILES string of the molecule is CCCCC(CC)CN1C(=O)C2=C(c3ccc(/C=C/c4nc(C#N)c(C#N)n4CC(CC)CCCC)s3)N(CC(CC)CCCC)C(=O)C2=C1c1ccc(/C=C\c2nc(C#N)c(C#N)n2CC(CC)CCCC)s1. The molecule has 0 bridgehead atoms. The summed E-state index contributed by atoms with van der Waals surface area (Å²) in [6.07, 6.45) is 23.9. The second-order valence-electron chi connectivity index (χ2n) is 20.0. The summed E-state index contributed by atoms with van der Waals surface area (Å²) < 4.78 is 3.77. The molecular formula is C60H76N10O2S2. The maximum atomic E-state index is 15.4. The van der Waals surface area contributed by atoms with E-state index in [-0.39, 0.29) is 46.4 Å². The first kappa shape index (κ1) is 57.0. The van der Waals surface area contributed by atoms with Crippen molar-refractivity contribution in [2.45, 2.75) is 171 Å². The Morgan fingerprint density at radius 2 is 0.824 bits per heavy atom. The van der Waals surface area contributed by atoms with Gasteiger partial charge in [0.05, 0.1) is 32.3 Å². The van der Waals surface area contributed by atoms with Gasteiger partial charge in [-0.25, -0.2) is 9.97 Å². The number of hydrogen-bond donors (Lipinski definition) is 0. The number of carbonyl (C=O) groups excluding carboxylic acids is 2. The summed E-state index contributed by atoms with van der Waals surface area (Å²) in [6.45, 7) is 19.6. The monoisotopic (exact) mass is 1030 g/mol. The second kappa shape index (κ2) is 27.8. The standard InChI is InChI=1S/C60H76N10O2S2/c1-9-17-21-41(13-5)37-67-49(35-63)47(33-61)65-53(67)31-27-45-25-29-51(73-45)57-55-56(60(72)69(57)39-43(15-7)23-19-11-3)58(70(59(55)71)40-44(16-8)24-20-12-4)52-30-26-46(74-52)28-32-54-66-48(34-62)50(36-64)68(54)38-42(14-6)22-18-10-2/h25-32,41-44H,9-24,37-40H2,1-8H3/b31-27-,32-28+. The number of thiophene rings is 2. The van der Waals surface area contributed by atoms with E-state index in [0.717, 1.165) is 122 Å². The van der Waals surface area contributed by atoms with Crippen LogP contribution in [0.25, 0.3) is 35.7 Å². The Hall–Kier alpha value is -6.32. The van der Waals surface area contributed by atoms with Gasteiger partial charge in [-0.05, 0) is 97.9 Å². The number of nitriles is 4. The smallest absolute Gasteiger partial charge is 0.261 e. The van der Waals surface area contributed by atoms with Gasteiger partial charge in [-0.3, -0.25) is 9.59 Å². The van der Waals surface area contributed by atoms with Gasteiger partial charge in [0.15, 0.2) is 22.8 Å². The number of fused-ring (bicyclic) bond motifs is 1. The third kappa shape index (κ3) is 12.9. The van der Waals surface area contributed by atoms with Crippen molar-refractivity contribution in [2.24, 2.45) is 23.7 Å². The van der Waals surface area contributed by atoms with E-state index < -0.39 is 0 Å². The lowest BCUT2D eigenvalue weighted by Gasteiger charge is -2.29. The van der Waals surface area contributed by atoms with E-state index in [1.54, 1.807) is 0 Å². The molecule has 390 valence electrons. The largest absolute Gasteiger partial charge is 0.315 e. The van der Waals surface area contributed by atoms with E-state index in [2.05, 4.69) is 89.6 Å². The second-order valence-corrected chi connectivity index (χ2v) is 22.2. The summed E-state index contributed by atoms with van der Waals surface area (Å²) >= 11 is 3.03. The molecule has 0 N–H and O–H groups in total. The van der Waals surface area contributed by atoms with E-state index in [9.17, 15) is 21.0 Å². The van der Waals surface area contributed by atoms with Gasteiger partial charge in [0.25, 0.3) is 11.8 Å². The Morgan fingerprint density at radius 1 is 0.486 bits per heavy atom. The fourth-order valence-corrected chi connectivity index (χ4v) is 12.3. The number of carbonyl (C=O) groups is 2. The molecule has 4 atom stereocenters. The highest BCUT2D eigenvalue weighted by molar-refractivity contribution is 7.14. The molecule has 12 nitrogen and oxygen atoms in total. The molecular weight excluding hydrogens is 957 g/mol. The van der Waals surface area contributed by atoms with Crippen LogP contribution in [0.3, 0.4) is 0 Å². The summed E-state index contributed by atoms with van der Waals surface area (Å²) in [5, 5.41) is 40.3. The number of aromatic nitrogens is 4. The van der Waals surface area contributed by atoms with Gasteiger partial charge < -0.3 is 18.9 Å². The molecule has 4 aromatic heterocycles. The molecule has 0 saturated carbocycles. The first-order valence-corrected chi connectivity index (χ1v) is 29.1. The molecule has 74 heavy (non-hydrogen) atoms. The molecule has 6 rings (SSSR count). The van der Waals surface area contributed by atoms with E-state index in [1.165, 1.54) is 22.7 Å². The molecule has 2 aliphatic rings.